The Balaban J connectivity index is 1.54. The average molecular weight is 580 g/mol. The molecule has 3 rings (SSSR count). The molecule has 0 fully saturated rings. The van der Waals surface area contributed by atoms with E-state index in [1.807, 2.05) is 11.5 Å². The lowest BCUT2D eigenvalue weighted by molar-refractivity contribution is -0.129. The van der Waals surface area contributed by atoms with Crippen LogP contribution in [-0.4, -0.2) is 62.5 Å². The van der Waals surface area contributed by atoms with Gasteiger partial charge in [-0.25, -0.2) is 4.98 Å². The van der Waals surface area contributed by atoms with Crippen LogP contribution >= 0.6 is 34.9 Å². The van der Waals surface area contributed by atoms with Gasteiger partial charge in [-0.2, -0.15) is 0 Å². The summed E-state index contributed by atoms with van der Waals surface area (Å²) >= 11 is 4.21. The number of nitrogens with one attached hydrogen (secondary N) is 3. The summed E-state index contributed by atoms with van der Waals surface area (Å²) in [5.41, 5.74) is -0.279. The first-order chi connectivity index (χ1) is 18.3. The second-order valence-corrected chi connectivity index (χ2v) is 12.6. The molecule has 0 saturated heterocycles. The van der Waals surface area contributed by atoms with Crippen molar-refractivity contribution in [3.05, 3.63) is 28.2 Å². The van der Waals surface area contributed by atoms with Crippen LogP contribution < -0.4 is 16.0 Å². The highest BCUT2D eigenvalue weighted by Gasteiger charge is 2.39. The lowest BCUT2D eigenvalue weighted by Crippen LogP contribution is -2.48. The van der Waals surface area contributed by atoms with E-state index in [-0.39, 0.29) is 42.3 Å². The van der Waals surface area contributed by atoms with Crippen molar-refractivity contribution in [2.75, 3.05) is 18.1 Å². The molecule has 3 heterocycles. The molecule has 2 aliphatic rings. The lowest BCUT2D eigenvalue weighted by Gasteiger charge is -2.20. The van der Waals surface area contributed by atoms with Gasteiger partial charge in [-0.3, -0.25) is 24.2 Å². The predicted molar refractivity (Wildman–Crippen MR) is 156 cm³/mol. The van der Waals surface area contributed by atoms with Crippen LogP contribution in [0, 0.1) is 0 Å². The molecule has 38 heavy (non-hydrogen) atoms. The van der Waals surface area contributed by atoms with Crippen LogP contribution in [0.4, 0.5) is 0 Å². The van der Waals surface area contributed by atoms with Gasteiger partial charge in [0.05, 0.1) is 25.6 Å². The van der Waals surface area contributed by atoms with Crippen LogP contribution in [0.15, 0.2) is 22.5 Å². The summed E-state index contributed by atoms with van der Waals surface area (Å²) in [7, 11) is 0. The van der Waals surface area contributed by atoms with E-state index in [0.717, 1.165) is 17.8 Å². The Labute approximate surface area is 236 Å². The van der Waals surface area contributed by atoms with Crippen LogP contribution in [0.3, 0.4) is 0 Å². The molecular weight excluding hydrogens is 543 g/mol. The summed E-state index contributed by atoms with van der Waals surface area (Å²) in [5, 5.41) is 11.9. The van der Waals surface area contributed by atoms with E-state index in [1.165, 1.54) is 54.1 Å². The lowest BCUT2D eigenvalue weighted by atomic mass is 10.1. The first-order valence-electron chi connectivity index (χ1n) is 13.1. The van der Waals surface area contributed by atoms with E-state index < -0.39 is 11.6 Å². The van der Waals surface area contributed by atoms with E-state index in [1.54, 1.807) is 13.0 Å². The van der Waals surface area contributed by atoms with Gasteiger partial charge in [-0.05, 0) is 19.8 Å². The Kier molecular flexibility index (Phi) is 12.3. The molecule has 0 radical (unpaired) electrons. The zero-order valence-corrected chi connectivity index (χ0v) is 24.5. The van der Waals surface area contributed by atoms with Gasteiger partial charge in [0.25, 0.3) is 0 Å². The van der Waals surface area contributed by atoms with E-state index >= 15 is 0 Å². The van der Waals surface area contributed by atoms with Crippen molar-refractivity contribution in [3.8, 4) is 0 Å². The van der Waals surface area contributed by atoms with Crippen LogP contribution in [0.5, 0.6) is 0 Å². The predicted octanol–water partition coefficient (Wildman–Crippen LogP) is 3.58. The van der Waals surface area contributed by atoms with Crippen molar-refractivity contribution >= 4 is 62.7 Å². The van der Waals surface area contributed by atoms with Crippen molar-refractivity contribution in [1.82, 2.24) is 20.9 Å². The molecule has 3 N–H and O–H groups in total. The molecule has 208 valence electrons. The van der Waals surface area contributed by atoms with Gasteiger partial charge in [0, 0.05) is 23.3 Å². The molecule has 0 aromatic carbocycles. The molecule has 2 aliphatic heterocycles. The zero-order valence-electron chi connectivity index (χ0n) is 22.0. The smallest absolute Gasteiger partial charge is 0.248 e. The van der Waals surface area contributed by atoms with Gasteiger partial charge in [0.2, 0.25) is 17.7 Å². The molecule has 2 unspecified atom stereocenters. The SMILES string of the molecule is CCCCCCCC(=O)SCC/C=C/C1CC(=O)NCc2nc(cs2)C2=NC(C)(CS2)C(=O)NCC(=O)N1. The van der Waals surface area contributed by atoms with E-state index in [2.05, 4.69) is 32.9 Å². The minimum Gasteiger partial charge on any atom is -0.350 e. The third kappa shape index (κ3) is 9.85. The van der Waals surface area contributed by atoms with E-state index in [9.17, 15) is 19.2 Å². The van der Waals surface area contributed by atoms with Crippen molar-refractivity contribution < 1.29 is 19.2 Å². The maximum atomic E-state index is 12.8. The first kappa shape index (κ1) is 30.4. The maximum Gasteiger partial charge on any atom is 0.248 e. The number of amides is 3. The Morgan fingerprint density at radius 3 is 2.79 bits per heavy atom. The summed E-state index contributed by atoms with van der Waals surface area (Å²) in [5.74, 6) is 0.180. The number of fused-ring (bicyclic) bond motifs is 4. The highest BCUT2D eigenvalue weighted by atomic mass is 32.2. The zero-order chi connectivity index (χ0) is 27.4. The van der Waals surface area contributed by atoms with Gasteiger partial charge >= 0.3 is 0 Å². The van der Waals surface area contributed by atoms with E-state index in [4.69, 9.17) is 0 Å². The number of hydrogen-bond acceptors (Lipinski definition) is 9. The number of thiazole rings is 1. The van der Waals surface area contributed by atoms with Gasteiger partial charge < -0.3 is 16.0 Å². The molecule has 3 amide bonds. The summed E-state index contributed by atoms with van der Waals surface area (Å²) in [6, 6.07) is -0.541. The average Bonchev–Trinajstić information content (AvgIpc) is 3.52. The minimum atomic E-state index is -0.973. The summed E-state index contributed by atoms with van der Waals surface area (Å²) in [6.45, 7) is 3.99. The molecular formula is C26H37N5O4S3. The number of rotatable bonds is 10. The highest BCUT2D eigenvalue weighted by Crippen LogP contribution is 2.31. The Bertz CT molecular complexity index is 1060. The summed E-state index contributed by atoms with van der Waals surface area (Å²) in [6.07, 6.45) is 10.6. The van der Waals surface area contributed by atoms with Crippen molar-refractivity contribution in [2.45, 2.75) is 83.3 Å². The number of aromatic nitrogens is 1. The fourth-order valence-corrected chi connectivity index (χ4v) is 6.60. The van der Waals surface area contributed by atoms with Crippen molar-refractivity contribution in [1.29, 1.82) is 0 Å². The minimum absolute atomic E-state index is 0.0541. The monoisotopic (exact) mass is 579 g/mol. The van der Waals surface area contributed by atoms with Crippen LogP contribution in [0.1, 0.15) is 75.9 Å². The fourth-order valence-electron chi connectivity index (χ4n) is 3.90. The molecule has 2 atom stereocenters. The van der Waals surface area contributed by atoms with E-state index in [0.29, 0.717) is 35.1 Å². The quantitative estimate of drug-likeness (QED) is 0.285. The normalized spacial score (nSPS) is 22.6. The number of carbonyl (C=O) groups excluding carboxylic acids is 4. The number of thioether (sulfide) groups is 2. The molecule has 1 aromatic rings. The highest BCUT2D eigenvalue weighted by molar-refractivity contribution is 8.14. The van der Waals surface area contributed by atoms with Gasteiger partial charge in [0.1, 0.15) is 21.3 Å². The second kappa shape index (κ2) is 15.4. The number of aliphatic imine (C=N–C) groups is 1. The Hall–Kier alpha value is -2.18. The van der Waals surface area contributed by atoms with Crippen molar-refractivity contribution in [2.24, 2.45) is 4.99 Å². The number of carbonyl (C=O) groups is 4. The van der Waals surface area contributed by atoms with Gasteiger partial charge in [-0.1, -0.05) is 56.5 Å². The number of allylic oxidation sites excluding steroid dienone is 1. The molecule has 12 heteroatoms. The largest absolute Gasteiger partial charge is 0.350 e. The molecule has 4 bridgehead atoms. The Morgan fingerprint density at radius 2 is 1.97 bits per heavy atom. The molecule has 1 aromatic heterocycles. The van der Waals surface area contributed by atoms with Crippen LogP contribution in [0.25, 0.3) is 0 Å². The number of nitrogens with zero attached hydrogens (tertiary/aromatic N) is 2. The van der Waals surface area contributed by atoms with Crippen LogP contribution in [0.2, 0.25) is 0 Å². The van der Waals surface area contributed by atoms with Gasteiger partial charge in [-0.15, -0.1) is 23.1 Å². The summed E-state index contributed by atoms with van der Waals surface area (Å²) in [4.78, 5) is 59.2. The topological polar surface area (TPSA) is 130 Å². The Morgan fingerprint density at radius 1 is 1.16 bits per heavy atom. The summed E-state index contributed by atoms with van der Waals surface area (Å²) < 4.78 is 0. The third-order valence-electron chi connectivity index (χ3n) is 6.10. The number of hydrogen-bond donors (Lipinski definition) is 3. The second-order valence-electron chi connectivity index (χ2n) is 9.55. The van der Waals surface area contributed by atoms with Crippen LogP contribution in [-0.2, 0) is 25.7 Å². The van der Waals surface area contributed by atoms with Crippen molar-refractivity contribution in [3.63, 3.8) is 0 Å². The fraction of sp³-hybridized carbons (Fsp3) is 0.615. The maximum absolute atomic E-state index is 12.8. The first-order valence-corrected chi connectivity index (χ1v) is 16.0. The third-order valence-corrected chi connectivity index (χ3v) is 9.19. The molecule has 0 aliphatic carbocycles. The molecule has 0 saturated carbocycles. The molecule has 0 spiro atoms. The molecule has 9 nitrogen and oxygen atoms in total. The standard InChI is InChI=1S/C26H37N5O4S3/c1-3-4-5-6-7-11-23(34)36-12-9-8-10-18-13-20(32)27-15-22-30-19(16-37-22)24-31-26(2,17-38-24)25(35)28-14-21(33)29-18/h8,10,16,18H,3-7,9,11-15,17H2,1-2H3,(H,27,32)(H,28,35)(H,29,33)/b10-8+. The number of unbranched alkanes of at least 4 members (excludes halogenated alkanes) is 4. The van der Waals surface area contributed by atoms with Gasteiger partial charge in [0.15, 0.2) is 5.12 Å².